The number of nitrogens with zero attached hydrogens (tertiary/aromatic N) is 2. The van der Waals surface area contributed by atoms with Gasteiger partial charge in [0.25, 0.3) is 0 Å². The molecule has 1 heterocycles. The monoisotopic (exact) mass is 338 g/mol. The Balaban J connectivity index is 2.02. The largest absolute Gasteiger partial charge is 0.320 e. The highest BCUT2D eigenvalue weighted by Gasteiger charge is 2.37. The molecule has 2 nitrogen and oxygen atoms in total. The smallest absolute Gasteiger partial charge is 0.106 e. The van der Waals surface area contributed by atoms with Gasteiger partial charge in [0, 0.05) is 18.8 Å². The van der Waals surface area contributed by atoms with E-state index in [1.807, 2.05) is 6.20 Å². The highest BCUT2D eigenvalue weighted by molar-refractivity contribution is 5.42. The number of aromatic nitrogens is 2. The third kappa shape index (κ3) is 2.84. The predicted octanol–water partition coefficient (Wildman–Crippen LogP) is 5.23. The van der Waals surface area contributed by atoms with Crippen molar-refractivity contribution >= 4 is 0 Å². The quantitative estimate of drug-likeness (QED) is 0.487. The molecule has 0 N–H and O–H groups in total. The Morgan fingerprint density at radius 3 is 1.69 bits per heavy atom. The lowest BCUT2D eigenvalue weighted by Gasteiger charge is -2.38. The Hall–Kier alpha value is -3.13. The van der Waals surface area contributed by atoms with Crippen LogP contribution in [-0.2, 0) is 12.0 Å². The minimum absolute atomic E-state index is 0.343. The van der Waals surface area contributed by atoms with E-state index in [0.29, 0.717) is 0 Å². The van der Waals surface area contributed by atoms with Crippen LogP contribution in [0.15, 0.2) is 103 Å². The lowest BCUT2D eigenvalue weighted by atomic mass is 9.77. The molecule has 1 aromatic heterocycles. The van der Waals surface area contributed by atoms with E-state index in [-0.39, 0.29) is 5.54 Å². The van der Waals surface area contributed by atoms with Gasteiger partial charge in [-0.3, -0.25) is 0 Å². The van der Waals surface area contributed by atoms with Crippen LogP contribution >= 0.6 is 0 Å². The summed E-state index contributed by atoms with van der Waals surface area (Å²) in [5, 5.41) is 0. The Kier molecular flexibility index (Phi) is 4.40. The summed E-state index contributed by atoms with van der Waals surface area (Å²) in [6.45, 7) is 2.08. The van der Waals surface area contributed by atoms with Gasteiger partial charge in [-0.25, -0.2) is 4.98 Å². The van der Waals surface area contributed by atoms with E-state index >= 15 is 0 Å². The van der Waals surface area contributed by atoms with Crippen LogP contribution in [0.1, 0.15) is 22.5 Å². The minimum atomic E-state index is -0.343. The van der Waals surface area contributed by atoms with Gasteiger partial charge in [0.2, 0.25) is 0 Å². The van der Waals surface area contributed by atoms with Crippen molar-refractivity contribution in [1.29, 1.82) is 0 Å². The van der Waals surface area contributed by atoms with Crippen LogP contribution in [0.4, 0.5) is 0 Å². The van der Waals surface area contributed by atoms with E-state index in [9.17, 15) is 0 Å². The maximum Gasteiger partial charge on any atom is 0.106 e. The van der Waals surface area contributed by atoms with Crippen LogP contribution in [0, 0.1) is 6.92 Å². The van der Waals surface area contributed by atoms with Crippen molar-refractivity contribution in [1.82, 2.24) is 9.55 Å². The first-order chi connectivity index (χ1) is 12.8. The molecule has 0 bridgehead atoms. The number of benzene rings is 3. The van der Waals surface area contributed by atoms with Crippen LogP contribution in [0.25, 0.3) is 0 Å². The molecule has 0 fully saturated rings. The summed E-state index contributed by atoms with van der Waals surface area (Å²) in [7, 11) is 0. The summed E-state index contributed by atoms with van der Waals surface area (Å²) in [4.78, 5) is 4.54. The third-order valence-corrected chi connectivity index (χ3v) is 5.04. The second kappa shape index (κ2) is 7.01. The number of hydrogen-bond acceptors (Lipinski definition) is 1. The van der Waals surface area contributed by atoms with Crippen molar-refractivity contribution in [2.75, 3.05) is 0 Å². The number of rotatable bonds is 5. The first-order valence-electron chi connectivity index (χ1n) is 8.96. The first kappa shape index (κ1) is 16.3. The summed E-state index contributed by atoms with van der Waals surface area (Å²) >= 11 is 0. The second-order valence-corrected chi connectivity index (χ2v) is 6.60. The van der Waals surface area contributed by atoms with E-state index in [2.05, 4.69) is 114 Å². The SMILES string of the molecule is Cc1nccn1C(Cc1ccccc1)(c1ccccc1)c1ccccc1. The molecule has 0 radical (unpaired) electrons. The zero-order valence-electron chi connectivity index (χ0n) is 14.9. The summed E-state index contributed by atoms with van der Waals surface area (Å²) in [5.74, 6) is 1.01. The minimum Gasteiger partial charge on any atom is -0.320 e. The molecule has 0 aliphatic carbocycles. The molecule has 0 amide bonds. The molecular weight excluding hydrogens is 316 g/mol. The lowest BCUT2D eigenvalue weighted by Crippen LogP contribution is -2.39. The molecule has 0 atom stereocenters. The van der Waals surface area contributed by atoms with Crippen molar-refractivity contribution in [3.63, 3.8) is 0 Å². The lowest BCUT2D eigenvalue weighted by molar-refractivity contribution is 0.417. The van der Waals surface area contributed by atoms with Gasteiger partial charge in [-0.15, -0.1) is 0 Å². The Bertz CT molecular complexity index is 917. The Morgan fingerprint density at radius 2 is 1.23 bits per heavy atom. The van der Waals surface area contributed by atoms with Crippen molar-refractivity contribution in [2.45, 2.75) is 18.9 Å². The number of imidazole rings is 1. The summed E-state index contributed by atoms with van der Waals surface area (Å²) in [6.07, 6.45) is 4.85. The van der Waals surface area contributed by atoms with E-state index < -0.39 is 0 Å². The molecule has 4 aromatic rings. The fourth-order valence-electron chi connectivity index (χ4n) is 3.83. The van der Waals surface area contributed by atoms with Gasteiger partial charge in [0.05, 0.1) is 0 Å². The second-order valence-electron chi connectivity index (χ2n) is 6.60. The average molecular weight is 338 g/mol. The molecule has 128 valence electrons. The zero-order chi connectivity index (χ0) is 17.8. The molecule has 3 aromatic carbocycles. The van der Waals surface area contributed by atoms with Gasteiger partial charge >= 0.3 is 0 Å². The summed E-state index contributed by atoms with van der Waals surface area (Å²) < 4.78 is 2.31. The molecular formula is C24H22N2. The zero-order valence-corrected chi connectivity index (χ0v) is 14.9. The van der Waals surface area contributed by atoms with Gasteiger partial charge in [0.1, 0.15) is 11.4 Å². The molecule has 26 heavy (non-hydrogen) atoms. The van der Waals surface area contributed by atoms with Crippen molar-refractivity contribution in [3.05, 3.63) is 126 Å². The fourth-order valence-corrected chi connectivity index (χ4v) is 3.83. The summed E-state index contributed by atoms with van der Waals surface area (Å²) in [6, 6.07) is 32.2. The summed E-state index contributed by atoms with van der Waals surface area (Å²) in [5.41, 5.74) is 3.48. The maximum absolute atomic E-state index is 4.54. The topological polar surface area (TPSA) is 17.8 Å². The molecule has 4 rings (SSSR count). The van der Waals surface area contributed by atoms with Crippen LogP contribution in [-0.4, -0.2) is 9.55 Å². The molecule has 0 aliphatic rings. The molecule has 0 saturated carbocycles. The van der Waals surface area contributed by atoms with E-state index in [4.69, 9.17) is 0 Å². The van der Waals surface area contributed by atoms with Gasteiger partial charge < -0.3 is 4.57 Å². The van der Waals surface area contributed by atoms with Crippen LogP contribution in [0.2, 0.25) is 0 Å². The normalized spacial score (nSPS) is 11.4. The molecule has 0 spiro atoms. The Morgan fingerprint density at radius 1 is 0.731 bits per heavy atom. The van der Waals surface area contributed by atoms with Crippen LogP contribution in [0.3, 0.4) is 0 Å². The number of hydrogen-bond donors (Lipinski definition) is 0. The van der Waals surface area contributed by atoms with Crippen LogP contribution < -0.4 is 0 Å². The van der Waals surface area contributed by atoms with Crippen molar-refractivity contribution in [2.24, 2.45) is 0 Å². The highest BCUT2D eigenvalue weighted by Crippen LogP contribution is 2.38. The van der Waals surface area contributed by atoms with Gasteiger partial charge in [-0.1, -0.05) is 91.0 Å². The maximum atomic E-state index is 4.54. The van der Waals surface area contributed by atoms with Gasteiger partial charge in [0.15, 0.2) is 0 Å². The van der Waals surface area contributed by atoms with Gasteiger partial charge in [-0.2, -0.15) is 0 Å². The first-order valence-corrected chi connectivity index (χ1v) is 8.96. The standard InChI is InChI=1S/C24H22N2/c1-20-25-17-18-26(20)24(22-13-7-3-8-14-22,23-15-9-4-10-16-23)19-21-11-5-2-6-12-21/h2-18H,19H2,1H3. The van der Waals surface area contributed by atoms with Crippen LogP contribution in [0.5, 0.6) is 0 Å². The molecule has 0 unspecified atom stereocenters. The Labute approximate surface area is 154 Å². The molecule has 0 aliphatic heterocycles. The van der Waals surface area contributed by atoms with Gasteiger partial charge in [-0.05, 0) is 23.6 Å². The predicted molar refractivity (Wildman–Crippen MR) is 106 cm³/mol. The average Bonchev–Trinajstić information content (AvgIpc) is 3.14. The van der Waals surface area contributed by atoms with Crippen molar-refractivity contribution < 1.29 is 0 Å². The molecule has 2 heteroatoms. The van der Waals surface area contributed by atoms with Crippen molar-refractivity contribution in [3.8, 4) is 0 Å². The third-order valence-electron chi connectivity index (χ3n) is 5.04. The highest BCUT2D eigenvalue weighted by atomic mass is 15.1. The fraction of sp³-hybridized carbons (Fsp3) is 0.125. The molecule has 0 saturated heterocycles. The van der Waals surface area contributed by atoms with E-state index in [1.165, 1.54) is 16.7 Å². The number of aryl methyl sites for hydroxylation is 1. The van der Waals surface area contributed by atoms with E-state index in [0.717, 1.165) is 12.2 Å². The van der Waals surface area contributed by atoms with E-state index in [1.54, 1.807) is 0 Å².